The van der Waals surface area contributed by atoms with E-state index in [1.807, 2.05) is 44.1 Å². The van der Waals surface area contributed by atoms with Crippen LogP contribution < -0.4 is 10.6 Å². The summed E-state index contributed by atoms with van der Waals surface area (Å²) in [6, 6.07) is 7.49. The van der Waals surface area contributed by atoms with Crippen molar-refractivity contribution in [2.24, 2.45) is 0 Å². The van der Waals surface area contributed by atoms with Crippen molar-refractivity contribution in [3.8, 4) is 0 Å². The van der Waals surface area contributed by atoms with Gasteiger partial charge in [0.25, 0.3) is 5.91 Å². The molecule has 2 rings (SSSR count). The Bertz CT molecular complexity index is 688. The largest absolute Gasteiger partial charge is 0.354 e. The number of anilines is 2. The molecule has 1 aromatic carbocycles. The number of carbonyl (C=O) groups is 1. The van der Waals surface area contributed by atoms with Crippen molar-refractivity contribution in [2.45, 2.75) is 6.92 Å². The van der Waals surface area contributed by atoms with Gasteiger partial charge in [-0.2, -0.15) is 0 Å². The van der Waals surface area contributed by atoms with Crippen molar-refractivity contribution in [3.63, 3.8) is 0 Å². The van der Waals surface area contributed by atoms with Crippen LogP contribution in [0.5, 0.6) is 0 Å². The number of nitrogens with one attached hydrogen (secondary N) is 2. The summed E-state index contributed by atoms with van der Waals surface area (Å²) in [5.41, 5.74) is 3.13. The number of likely N-dealkylation sites (N-methyl/N-ethyl adjacent to an activating group) is 1. The number of pyridine rings is 1. The number of halogens is 1. The SMILES string of the molecule is Cc1ccc(Nc2cncc(C(=O)NCCN(C)C)c2)cc1Cl. The molecule has 1 amide bonds. The second-order valence-electron chi connectivity index (χ2n) is 5.61. The number of aryl methyl sites for hydroxylation is 1. The average molecular weight is 333 g/mol. The summed E-state index contributed by atoms with van der Waals surface area (Å²) in [6.07, 6.45) is 3.22. The summed E-state index contributed by atoms with van der Waals surface area (Å²) in [4.78, 5) is 18.2. The van der Waals surface area contributed by atoms with Crippen molar-refractivity contribution in [1.29, 1.82) is 0 Å². The van der Waals surface area contributed by atoms with Crippen molar-refractivity contribution >= 4 is 28.9 Å². The fraction of sp³-hybridized carbons (Fsp3) is 0.294. The Morgan fingerprint density at radius 2 is 2.00 bits per heavy atom. The molecule has 0 aliphatic carbocycles. The van der Waals surface area contributed by atoms with Crippen LogP contribution in [-0.2, 0) is 0 Å². The summed E-state index contributed by atoms with van der Waals surface area (Å²) >= 11 is 6.12. The highest BCUT2D eigenvalue weighted by Gasteiger charge is 2.07. The summed E-state index contributed by atoms with van der Waals surface area (Å²) in [6.45, 7) is 3.34. The standard InChI is InChI=1S/C17H21ClN4O/c1-12-4-5-14(9-16(12)18)21-15-8-13(10-19-11-15)17(23)20-6-7-22(2)3/h4-5,8-11,21H,6-7H2,1-3H3,(H,20,23). The van der Waals surface area contributed by atoms with Crippen LogP contribution in [0.2, 0.25) is 5.02 Å². The Hall–Kier alpha value is -2.11. The van der Waals surface area contributed by atoms with E-state index in [2.05, 4.69) is 15.6 Å². The molecule has 2 aromatic rings. The molecule has 122 valence electrons. The lowest BCUT2D eigenvalue weighted by molar-refractivity contribution is 0.0950. The lowest BCUT2D eigenvalue weighted by Gasteiger charge is -2.11. The molecule has 0 spiro atoms. The van der Waals surface area contributed by atoms with Gasteiger partial charge in [0, 0.05) is 30.0 Å². The minimum Gasteiger partial charge on any atom is -0.354 e. The first kappa shape index (κ1) is 17.2. The first-order valence-electron chi connectivity index (χ1n) is 7.37. The molecule has 0 aliphatic heterocycles. The van der Waals surface area contributed by atoms with E-state index >= 15 is 0 Å². The van der Waals surface area contributed by atoms with Gasteiger partial charge in [-0.1, -0.05) is 17.7 Å². The quantitative estimate of drug-likeness (QED) is 0.853. The van der Waals surface area contributed by atoms with Crippen LogP contribution in [0.25, 0.3) is 0 Å². The normalized spacial score (nSPS) is 10.7. The molecule has 0 aliphatic rings. The molecule has 0 saturated heterocycles. The summed E-state index contributed by atoms with van der Waals surface area (Å²) in [5.74, 6) is -0.134. The molecule has 0 unspecified atom stereocenters. The molecular weight excluding hydrogens is 312 g/mol. The molecule has 23 heavy (non-hydrogen) atoms. The van der Waals surface area contributed by atoms with Gasteiger partial charge in [0.1, 0.15) is 0 Å². The number of aromatic nitrogens is 1. The van der Waals surface area contributed by atoms with Crippen molar-refractivity contribution in [3.05, 3.63) is 52.8 Å². The Morgan fingerprint density at radius 3 is 2.70 bits per heavy atom. The molecule has 2 N–H and O–H groups in total. The summed E-state index contributed by atoms with van der Waals surface area (Å²) < 4.78 is 0. The number of hydrogen-bond donors (Lipinski definition) is 2. The highest BCUT2D eigenvalue weighted by molar-refractivity contribution is 6.31. The van der Waals surface area contributed by atoms with Gasteiger partial charge in [-0.25, -0.2) is 0 Å². The molecule has 0 fully saturated rings. The molecule has 1 heterocycles. The van der Waals surface area contributed by atoms with E-state index in [9.17, 15) is 4.79 Å². The zero-order valence-corrected chi connectivity index (χ0v) is 14.3. The van der Waals surface area contributed by atoms with Gasteiger partial charge in [0.2, 0.25) is 0 Å². The van der Waals surface area contributed by atoms with Crippen LogP contribution in [0, 0.1) is 6.92 Å². The van der Waals surface area contributed by atoms with Gasteiger partial charge in [-0.05, 0) is 44.8 Å². The Kier molecular flexibility index (Phi) is 5.96. The zero-order valence-electron chi connectivity index (χ0n) is 13.6. The van der Waals surface area contributed by atoms with Crippen LogP contribution in [-0.4, -0.2) is 43.0 Å². The van der Waals surface area contributed by atoms with E-state index in [0.29, 0.717) is 17.1 Å². The highest BCUT2D eigenvalue weighted by atomic mass is 35.5. The number of amides is 1. The molecule has 1 aromatic heterocycles. The summed E-state index contributed by atoms with van der Waals surface area (Å²) in [5, 5.41) is 6.77. The monoisotopic (exact) mass is 332 g/mol. The van der Waals surface area contributed by atoms with Crippen LogP contribution in [0.3, 0.4) is 0 Å². The predicted octanol–water partition coefficient (Wildman–Crippen LogP) is 3.08. The number of benzene rings is 1. The van der Waals surface area contributed by atoms with Gasteiger partial charge in [0.15, 0.2) is 0 Å². The lowest BCUT2D eigenvalue weighted by atomic mass is 10.2. The lowest BCUT2D eigenvalue weighted by Crippen LogP contribution is -2.31. The first-order chi connectivity index (χ1) is 11.0. The third-order valence-corrected chi connectivity index (χ3v) is 3.71. The number of hydrogen-bond acceptors (Lipinski definition) is 4. The van der Waals surface area contributed by atoms with Crippen LogP contribution in [0.4, 0.5) is 11.4 Å². The summed E-state index contributed by atoms with van der Waals surface area (Å²) in [7, 11) is 3.93. The zero-order chi connectivity index (χ0) is 16.8. The minimum absolute atomic E-state index is 0.134. The maximum Gasteiger partial charge on any atom is 0.252 e. The van der Waals surface area contributed by atoms with Gasteiger partial charge < -0.3 is 15.5 Å². The molecule has 0 radical (unpaired) electrons. The number of rotatable bonds is 6. The fourth-order valence-electron chi connectivity index (χ4n) is 1.96. The Morgan fingerprint density at radius 1 is 1.22 bits per heavy atom. The van der Waals surface area contributed by atoms with Crippen molar-refractivity contribution < 1.29 is 4.79 Å². The molecule has 0 atom stereocenters. The van der Waals surface area contributed by atoms with E-state index in [-0.39, 0.29) is 5.91 Å². The average Bonchev–Trinajstić information content (AvgIpc) is 2.51. The van der Waals surface area contributed by atoms with Gasteiger partial charge in [0.05, 0.1) is 17.4 Å². The smallest absolute Gasteiger partial charge is 0.252 e. The maximum atomic E-state index is 12.1. The topological polar surface area (TPSA) is 57.3 Å². The van der Waals surface area contributed by atoms with E-state index < -0.39 is 0 Å². The third kappa shape index (κ3) is 5.23. The Labute approximate surface area is 141 Å². The highest BCUT2D eigenvalue weighted by Crippen LogP contribution is 2.23. The van der Waals surface area contributed by atoms with Crippen molar-refractivity contribution in [1.82, 2.24) is 15.2 Å². The molecular formula is C17H21ClN4O. The first-order valence-corrected chi connectivity index (χ1v) is 7.74. The minimum atomic E-state index is -0.134. The second kappa shape index (κ2) is 7.94. The van der Waals surface area contributed by atoms with Crippen LogP contribution in [0.1, 0.15) is 15.9 Å². The van der Waals surface area contributed by atoms with E-state index in [0.717, 1.165) is 23.5 Å². The van der Waals surface area contributed by atoms with Gasteiger partial charge in [-0.3, -0.25) is 9.78 Å². The van der Waals surface area contributed by atoms with Crippen molar-refractivity contribution in [2.75, 3.05) is 32.5 Å². The maximum absolute atomic E-state index is 12.1. The molecule has 0 bridgehead atoms. The fourth-order valence-corrected chi connectivity index (χ4v) is 2.15. The molecule has 6 heteroatoms. The molecule has 0 saturated carbocycles. The Balaban J connectivity index is 2.04. The van der Waals surface area contributed by atoms with Gasteiger partial charge >= 0.3 is 0 Å². The van der Waals surface area contributed by atoms with Gasteiger partial charge in [-0.15, -0.1) is 0 Å². The van der Waals surface area contributed by atoms with Crippen LogP contribution >= 0.6 is 11.6 Å². The van der Waals surface area contributed by atoms with E-state index in [1.54, 1.807) is 18.5 Å². The number of nitrogens with zero attached hydrogens (tertiary/aromatic N) is 2. The number of carbonyl (C=O) groups excluding carboxylic acids is 1. The van der Waals surface area contributed by atoms with E-state index in [4.69, 9.17) is 11.6 Å². The predicted molar refractivity (Wildman–Crippen MR) is 94.6 cm³/mol. The molecule has 5 nitrogen and oxygen atoms in total. The van der Waals surface area contributed by atoms with Crippen LogP contribution in [0.15, 0.2) is 36.7 Å². The third-order valence-electron chi connectivity index (χ3n) is 3.31. The van der Waals surface area contributed by atoms with E-state index in [1.165, 1.54) is 0 Å². The second-order valence-corrected chi connectivity index (χ2v) is 6.02.